The fraction of sp³-hybridized carbons (Fsp3) is 0.273. The van der Waals surface area contributed by atoms with E-state index < -0.39 is 0 Å². The van der Waals surface area contributed by atoms with Crippen molar-refractivity contribution in [3.8, 4) is 5.75 Å². The molecule has 0 saturated carbocycles. The molecule has 0 N–H and O–H groups in total. The number of ether oxygens (including phenoxy) is 1. The largest absolute Gasteiger partial charge is 0.493 e. The van der Waals surface area contributed by atoms with Crippen molar-refractivity contribution in [2.75, 3.05) is 7.11 Å². The maximum Gasteiger partial charge on any atom is 0.165 e. The number of hydrogen-bond acceptors (Lipinski definition) is 1. The Morgan fingerprint density at radius 1 is 1.36 bits per heavy atom. The van der Waals surface area contributed by atoms with E-state index >= 15 is 0 Å². The van der Waals surface area contributed by atoms with Crippen molar-refractivity contribution in [1.29, 1.82) is 0 Å². The van der Waals surface area contributed by atoms with Gasteiger partial charge in [0.25, 0.3) is 0 Å². The van der Waals surface area contributed by atoms with Crippen LogP contribution in [0.1, 0.15) is 5.69 Å². The van der Waals surface area contributed by atoms with Crippen LogP contribution in [0.4, 0.5) is 4.39 Å². The number of fused-ring (bicyclic) bond motifs is 1. The van der Waals surface area contributed by atoms with Crippen LogP contribution >= 0.6 is 0 Å². The van der Waals surface area contributed by atoms with Gasteiger partial charge in [0.2, 0.25) is 0 Å². The standard InChI is InChI=1S/C11H12FNO/c1-7-6-8-10(13(7)2)5-4-9(12)11(8)14-3/h4-6H,1-3H3. The second-order valence-corrected chi connectivity index (χ2v) is 3.36. The highest BCUT2D eigenvalue weighted by molar-refractivity contribution is 5.87. The first kappa shape index (κ1) is 9.06. The van der Waals surface area contributed by atoms with Crippen molar-refractivity contribution in [2.45, 2.75) is 6.92 Å². The summed E-state index contributed by atoms with van der Waals surface area (Å²) in [4.78, 5) is 0. The van der Waals surface area contributed by atoms with E-state index in [1.54, 1.807) is 6.07 Å². The zero-order chi connectivity index (χ0) is 10.3. The summed E-state index contributed by atoms with van der Waals surface area (Å²) >= 11 is 0. The van der Waals surface area contributed by atoms with Crippen LogP contribution in [-0.4, -0.2) is 11.7 Å². The van der Waals surface area contributed by atoms with Gasteiger partial charge in [0.15, 0.2) is 11.6 Å². The van der Waals surface area contributed by atoms with E-state index in [1.165, 1.54) is 13.2 Å². The average Bonchev–Trinajstić information content (AvgIpc) is 2.43. The van der Waals surface area contributed by atoms with E-state index in [0.717, 1.165) is 16.6 Å². The summed E-state index contributed by atoms with van der Waals surface area (Å²) in [5.74, 6) is 0.0109. The minimum atomic E-state index is -0.314. The second-order valence-electron chi connectivity index (χ2n) is 3.36. The SMILES string of the molecule is COc1c(F)ccc2c1cc(C)n2C. The lowest BCUT2D eigenvalue weighted by molar-refractivity contribution is 0.392. The Labute approximate surface area is 81.9 Å². The topological polar surface area (TPSA) is 14.2 Å². The summed E-state index contributed by atoms with van der Waals surface area (Å²) in [7, 11) is 3.44. The predicted octanol–water partition coefficient (Wildman–Crippen LogP) is 2.63. The molecule has 1 aromatic heterocycles. The highest BCUT2D eigenvalue weighted by Crippen LogP contribution is 2.30. The Bertz CT molecular complexity index is 487. The van der Waals surface area contributed by atoms with Gasteiger partial charge < -0.3 is 9.30 Å². The first-order chi connectivity index (χ1) is 6.65. The smallest absolute Gasteiger partial charge is 0.165 e. The van der Waals surface area contributed by atoms with E-state index in [1.807, 2.05) is 24.6 Å². The normalized spacial score (nSPS) is 10.9. The fourth-order valence-electron chi connectivity index (χ4n) is 1.70. The maximum atomic E-state index is 13.3. The van der Waals surface area contributed by atoms with E-state index in [0.29, 0.717) is 5.75 Å². The van der Waals surface area contributed by atoms with Gasteiger partial charge >= 0.3 is 0 Å². The van der Waals surface area contributed by atoms with Crippen LogP contribution < -0.4 is 4.74 Å². The quantitative estimate of drug-likeness (QED) is 0.679. The molecular formula is C11H12FNO. The molecule has 2 aromatic rings. The lowest BCUT2D eigenvalue weighted by Crippen LogP contribution is -1.91. The summed E-state index contributed by atoms with van der Waals surface area (Å²) in [6.45, 7) is 1.98. The van der Waals surface area contributed by atoms with Gasteiger partial charge in [0, 0.05) is 18.1 Å². The first-order valence-corrected chi connectivity index (χ1v) is 4.43. The van der Waals surface area contributed by atoms with Crippen LogP contribution in [0.15, 0.2) is 18.2 Å². The maximum absolute atomic E-state index is 13.3. The van der Waals surface area contributed by atoms with Crippen molar-refractivity contribution < 1.29 is 9.13 Å². The van der Waals surface area contributed by atoms with Crippen LogP contribution in [0.2, 0.25) is 0 Å². The molecule has 0 fully saturated rings. The third-order valence-electron chi connectivity index (χ3n) is 2.57. The van der Waals surface area contributed by atoms with Gasteiger partial charge in [0.1, 0.15) is 0 Å². The molecule has 2 nitrogen and oxygen atoms in total. The number of nitrogens with zero attached hydrogens (tertiary/aromatic N) is 1. The molecule has 3 heteroatoms. The van der Waals surface area contributed by atoms with E-state index in [4.69, 9.17) is 4.74 Å². The molecule has 0 radical (unpaired) electrons. The number of aromatic nitrogens is 1. The van der Waals surface area contributed by atoms with Crippen LogP contribution in [0.5, 0.6) is 5.75 Å². The van der Waals surface area contributed by atoms with Crippen molar-refractivity contribution in [3.05, 3.63) is 29.7 Å². The zero-order valence-corrected chi connectivity index (χ0v) is 8.47. The molecule has 0 saturated heterocycles. The molecule has 0 atom stereocenters. The molecule has 0 spiro atoms. The van der Waals surface area contributed by atoms with Gasteiger partial charge in [-0.3, -0.25) is 0 Å². The number of aryl methyl sites for hydroxylation is 2. The minimum Gasteiger partial charge on any atom is -0.493 e. The summed E-state index contributed by atoms with van der Waals surface area (Å²) in [5.41, 5.74) is 2.07. The van der Waals surface area contributed by atoms with Gasteiger partial charge in [-0.25, -0.2) is 4.39 Å². The summed E-state index contributed by atoms with van der Waals surface area (Å²) in [6.07, 6.45) is 0. The molecule has 1 aromatic carbocycles. The molecule has 2 rings (SSSR count). The van der Waals surface area contributed by atoms with Crippen molar-refractivity contribution >= 4 is 10.9 Å². The lowest BCUT2D eigenvalue weighted by atomic mass is 10.2. The van der Waals surface area contributed by atoms with Crippen molar-refractivity contribution in [3.63, 3.8) is 0 Å². The highest BCUT2D eigenvalue weighted by Gasteiger charge is 2.11. The summed E-state index contributed by atoms with van der Waals surface area (Å²) < 4.78 is 20.4. The molecule has 0 aliphatic rings. The first-order valence-electron chi connectivity index (χ1n) is 4.43. The molecule has 0 aliphatic carbocycles. The Morgan fingerprint density at radius 3 is 2.71 bits per heavy atom. The third kappa shape index (κ3) is 1.09. The number of rotatable bonds is 1. The van der Waals surface area contributed by atoms with E-state index in [9.17, 15) is 4.39 Å². The Hall–Kier alpha value is -1.51. The molecule has 0 aliphatic heterocycles. The molecule has 74 valence electrons. The van der Waals surface area contributed by atoms with Crippen LogP contribution in [-0.2, 0) is 7.05 Å². The monoisotopic (exact) mass is 193 g/mol. The number of halogens is 1. The van der Waals surface area contributed by atoms with E-state index in [-0.39, 0.29) is 5.82 Å². The fourth-order valence-corrected chi connectivity index (χ4v) is 1.70. The molecule has 0 amide bonds. The van der Waals surface area contributed by atoms with Crippen molar-refractivity contribution in [2.24, 2.45) is 7.05 Å². The van der Waals surface area contributed by atoms with E-state index in [2.05, 4.69) is 0 Å². The van der Waals surface area contributed by atoms with Crippen LogP contribution in [0.25, 0.3) is 10.9 Å². The van der Waals surface area contributed by atoms with Gasteiger partial charge in [-0.2, -0.15) is 0 Å². The minimum absolute atomic E-state index is 0.314. The molecule has 0 unspecified atom stereocenters. The summed E-state index contributed by atoms with van der Waals surface area (Å²) in [5, 5.41) is 0.826. The zero-order valence-electron chi connectivity index (χ0n) is 8.47. The van der Waals surface area contributed by atoms with Gasteiger partial charge in [-0.05, 0) is 25.1 Å². The molecule has 14 heavy (non-hydrogen) atoms. The van der Waals surface area contributed by atoms with Gasteiger partial charge in [-0.1, -0.05) is 0 Å². The van der Waals surface area contributed by atoms with Gasteiger partial charge in [0.05, 0.1) is 12.6 Å². The molecule has 0 bridgehead atoms. The van der Waals surface area contributed by atoms with Gasteiger partial charge in [-0.15, -0.1) is 0 Å². The van der Waals surface area contributed by atoms with Crippen LogP contribution in [0.3, 0.4) is 0 Å². The Kier molecular flexibility index (Phi) is 1.95. The predicted molar refractivity (Wildman–Crippen MR) is 54.2 cm³/mol. The highest BCUT2D eigenvalue weighted by atomic mass is 19.1. The third-order valence-corrected chi connectivity index (χ3v) is 2.57. The molecular weight excluding hydrogens is 181 g/mol. The summed E-state index contributed by atoms with van der Waals surface area (Å²) in [6, 6.07) is 5.12. The number of benzene rings is 1. The Balaban J connectivity index is 2.88. The van der Waals surface area contributed by atoms with Crippen LogP contribution in [0, 0.1) is 12.7 Å². The van der Waals surface area contributed by atoms with Crippen molar-refractivity contribution in [1.82, 2.24) is 4.57 Å². The number of hydrogen-bond donors (Lipinski definition) is 0. The second kappa shape index (κ2) is 3.01. The average molecular weight is 193 g/mol. The lowest BCUT2D eigenvalue weighted by Gasteiger charge is -2.03. The number of methoxy groups -OCH3 is 1. The molecule has 1 heterocycles. The Morgan fingerprint density at radius 2 is 2.07 bits per heavy atom.